The molecule has 2 N–H and O–H groups in total. The van der Waals surface area contributed by atoms with Crippen LogP contribution in [0.4, 0.5) is 4.39 Å². The van der Waals surface area contributed by atoms with E-state index in [1.54, 1.807) is 30.3 Å². The van der Waals surface area contributed by atoms with Crippen molar-refractivity contribution in [3.05, 3.63) is 54.1 Å². The molecule has 2 fully saturated rings. The number of hydrogen-bond donors (Lipinski definition) is 2. The van der Waals surface area contributed by atoms with Gasteiger partial charge in [0.15, 0.2) is 17.3 Å². The lowest BCUT2D eigenvalue weighted by Gasteiger charge is -2.43. The number of para-hydroxylation sites is 1. The van der Waals surface area contributed by atoms with E-state index >= 15 is 0 Å². The van der Waals surface area contributed by atoms with Crippen LogP contribution in [-0.4, -0.2) is 63.5 Å². The zero-order valence-electron chi connectivity index (χ0n) is 19.4. The Morgan fingerprint density at radius 1 is 1.18 bits per heavy atom. The van der Waals surface area contributed by atoms with E-state index in [9.17, 15) is 14.3 Å². The van der Waals surface area contributed by atoms with Crippen LogP contribution in [0.15, 0.2) is 42.6 Å². The highest BCUT2D eigenvalue weighted by atomic mass is 19.1. The molecule has 1 aromatic carbocycles. The van der Waals surface area contributed by atoms with Gasteiger partial charge in [-0.15, -0.1) is 5.10 Å². The molecule has 2 aromatic rings. The Morgan fingerprint density at radius 2 is 1.91 bits per heavy atom. The number of rotatable bonds is 5. The van der Waals surface area contributed by atoms with Crippen molar-refractivity contribution in [1.82, 2.24) is 20.4 Å². The van der Waals surface area contributed by atoms with Crippen LogP contribution in [0.3, 0.4) is 0 Å². The Bertz CT molecular complexity index is 944. The highest BCUT2D eigenvalue weighted by Gasteiger charge is 2.48. The Kier molecular flexibility index (Phi) is 6.95. The molecule has 0 radical (unpaired) electrons. The molecular weight excluding hydrogens is 423 g/mol. The summed E-state index contributed by atoms with van der Waals surface area (Å²) in [6, 6.07) is 8.74. The standard InChI is InChI=1S/C25H33FN4O3/c1-25(2,3)16-10-13-30(14-11-16)22-19(28-24(32)18-8-6-12-27-29-18)15-21(23(22)31)33-20-9-5-4-7-17(20)26/h4-9,12,16,19,21-23,31H,10-11,13-15H2,1-3H3,(H,28,32)/t19-,21-,22+,23+/m1/s1. The summed E-state index contributed by atoms with van der Waals surface area (Å²) in [5, 5.41) is 22.0. The number of benzene rings is 1. The van der Waals surface area contributed by atoms with E-state index < -0.39 is 18.0 Å². The van der Waals surface area contributed by atoms with Gasteiger partial charge in [-0.2, -0.15) is 5.10 Å². The molecule has 4 atom stereocenters. The fraction of sp³-hybridized carbons (Fsp3) is 0.560. The third-order valence-electron chi connectivity index (χ3n) is 7.04. The fourth-order valence-electron chi connectivity index (χ4n) is 5.15. The first kappa shape index (κ1) is 23.6. The van der Waals surface area contributed by atoms with E-state index in [1.807, 2.05) is 0 Å². The second-order valence-corrected chi connectivity index (χ2v) is 10.2. The minimum absolute atomic E-state index is 0.104. The summed E-state index contributed by atoms with van der Waals surface area (Å²) in [6.45, 7) is 8.45. The summed E-state index contributed by atoms with van der Waals surface area (Å²) in [7, 11) is 0. The number of amides is 1. The number of carbonyl (C=O) groups excluding carboxylic acids is 1. The number of ether oxygens (including phenoxy) is 1. The Morgan fingerprint density at radius 3 is 2.55 bits per heavy atom. The van der Waals surface area contributed by atoms with Crippen molar-refractivity contribution in [3.63, 3.8) is 0 Å². The molecule has 1 aromatic heterocycles. The van der Waals surface area contributed by atoms with Gasteiger partial charge in [-0.25, -0.2) is 4.39 Å². The Hall–Kier alpha value is -2.58. The van der Waals surface area contributed by atoms with Gasteiger partial charge in [0.05, 0.1) is 12.1 Å². The second kappa shape index (κ2) is 9.73. The van der Waals surface area contributed by atoms with Crippen molar-refractivity contribution in [3.8, 4) is 5.75 Å². The first-order chi connectivity index (χ1) is 15.7. The first-order valence-electron chi connectivity index (χ1n) is 11.7. The lowest BCUT2D eigenvalue weighted by molar-refractivity contribution is -0.0115. The van der Waals surface area contributed by atoms with Crippen LogP contribution in [0.25, 0.3) is 0 Å². The molecular formula is C25H33FN4O3. The van der Waals surface area contributed by atoms with Gasteiger partial charge in [0.2, 0.25) is 0 Å². The van der Waals surface area contributed by atoms with Crippen LogP contribution < -0.4 is 10.1 Å². The molecule has 1 amide bonds. The summed E-state index contributed by atoms with van der Waals surface area (Å²) in [6.07, 6.45) is 2.41. The van der Waals surface area contributed by atoms with Crippen molar-refractivity contribution in [1.29, 1.82) is 0 Å². The minimum Gasteiger partial charge on any atom is -0.485 e. The normalized spacial score (nSPS) is 26.8. The van der Waals surface area contributed by atoms with Crippen molar-refractivity contribution in [2.75, 3.05) is 13.1 Å². The number of hydrogen-bond acceptors (Lipinski definition) is 6. The molecule has 1 saturated heterocycles. The quantitative estimate of drug-likeness (QED) is 0.719. The molecule has 178 valence electrons. The largest absolute Gasteiger partial charge is 0.485 e. The third-order valence-corrected chi connectivity index (χ3v) is 7.04. The van der Waals surface area contributed by atoms with E-state index in [4.69, 9.17) is 4.74 Å². The molecule has 7 nitrogen and oxygen atoms in total. The van der Waals surface area contributed by atoms with Crippen molar-refractivity contribution in [2.24, 2.45) is 11.3 Å². The van der Waals surface area contributed by atoms with Gasteiger partial charge in [-0.05, 0) is 61.5 Å². The zero-order chi connectivity index (χ0) is 23.6. The smallest absolute Gasteiger partial charge is 0.272 e. The molecule has 1 saturated carbocycles. The summed E-state index contributed by atoms with van der Waals surface area (Å²) in [5.41, 5.74) is 0.451. The lowest BCUT2D eigenvalue weighted by atomic mass is 9.75. The molecule has 4 rings (SSSR count). The second-order valence-electron chi connectivity index (χ2n) is 10.2. The van der Waals surface area contributed by atoms with E-state index in [0.29, 0.717) is 12.3 Å². The van der Waals surface area contributed by atoms with Gasteiger partial charge < -0.3 is 15.2 Å². The molecule has 0 bridgehead atoms. The molecule has 0 spiro atoms. The lowest BCUT2D eigenvalue weighted by Crippen LogP contribution is -2.56. The van der Waals surface area contributed by atoms with Crippen LogP contribution in [-0.2, 0) is 0 Å². The topological polar surface area (TPSA) is 87.6 Å². The average Bonchev–Trinajstić information content (AvgIpc) is 3.10. The van der Waals surface area contributed by atoms with Crippen LogP contribution >= 0.6 is 0 Å². The van der Waals surface area contributed by atoms with Crippen LogP contribution in [0.5, 0.6) is 5.75 Å². The number of aliphatic hydroxyl groups is 1. The molecule has 0 unspecified atom stereocenters. The number of nitrogens with one attached hydrogen (secondary N) is 1. The monoisotopic (exact) mass is 456 g/mol. The maximum absolute atomic E-state index is 14.2. The molecule has 1 aliphatic carbocycles. The first-order valence-corrected chi connectivity index (χ1v) is 11.7. The van der Waals surface area contributed by atoms with Crippen molar-refractivity contribution < 1.29 is 19.0 Å². The van der Waals surface area contributed by atoms with Crippen molar-refractivity contribution in [2.45, 2.75) is 64.3 Å². The predicted molar refractivity (Wildman–Crippen MR) is 122 cm³/mol. The van der Waals surface area contributed by atoms with Gasteiger partial charge in [0.25, 0.3) is 5.91 Å². The summed E-state index contributed by atoms with van der Waals surface area (Å²) in [5.74, 6) is -0.112. The number of aliphatic hydroxyl groups excluding tert-OH is 1. The molecule has 8 heteroatoms. The number of halogens is 1. The predicted octanol–water partition coefficient (Wildman–Crippen LogP) is 3.05. The number of carbonyl (C=O) groups is 1. The molecule has 33 heavy (non-hydrogen) atoms. The van der Waals surface area contributed by atoms with Gasteiger partial charge in [-0.1, -0.05) is 32.9 Å². The van der Waals surface area contributed by atoms with E-state index in [0.717, 1.165) is 25.9 Å². The van der Waals surface area contributed by atoms with Crippen LogP contribution in [0, 0.1) is 17.2 Å². The van der Waals surface area contributed by atoms with E-state index in [-0.39, 0.29) is 34.8 Å². The zero-order valence-corrected chi connectivity index (χ0v) is 19.4. The van der Waals surface area contributed by atoms with Crippen LogP contribution in [0.2, 0.25) is 0 Å². The SMILES string of the molecule is CC(C)(C)C1CCN([C@@H]2[C@@H](O)[C@H](Oc3ccccc3F)C[C@H]2NC(=O)c2cccnn2)CC1. The summed E-state index contributed by atoms with van der Waals surface area (Å²) in [4.78, 5) is 15.1. The number of likely N-dealkylation sites (tertiary alicyclic amines) is 1. The number of aromatic nitrogens is 2. The number of nitrogens with zero attached hydrogens (tertiary/aromatic N) is 3. The Balaban J connectivity index is 1.52. The van der Waals surface area contributed by atoms with Gasteiger partial charge in [-0.3, -0.25) is 9.69 Å². The maximum atomic E-state index is 14.2. The Labute approximate surface area is 194 Å². The van der Waals surface area contributed by atoms with Gasteiger partial charge >= 0.3 is 0 Å². The molecule has 1 aliphatic heterocycles. The van der Waals surface area contributed by atoms with E-state index in [2.05, 4.69) is 41.2 Å². The van der Waals surface area contributed by atoms with Gasteiger partial charge in [0.1, 0.15) is 12.2 Å². The highest BCUT2D eigenvalue weighted by molar-refractivity contribution is 5.92. The highest BCUT2D eigenvalue weighted by Crippen LogP contribution is 2.37. The summed E-state index contributed by atoms with van der Waals surface area (Å²) >= 11 is 0. The number of piperidine rings is 1. The van der Waals surface area contributed by atoms with Crippen molar-refractivity contribution >= 4 is 5.91 Å². The summed E-state index contributed by atoms with van der Waals surface area (Å²) < 4.78 is 20.1. The maximum Gasteiger partial charge on any atom is 0.272 e. The molecule has 2 aliphatic rings. The fourth-order valence-corrected chi connectivity index (χ4v) is 5.15. The average molecular weight is 457 g/mol. The minimum atomic E-state index is -0.872. The van der Waals surface area contributed by atoms with Crippen LogP contribution in [0.1, 0.15) is 50.5 Å². The van der Waals surface area contributed by atoms with E-state index in [1.165, 1.54) is 12.3 Å². The van der Waals surface area contributed by atoms with Gasteiger partial charge in [0, 0.05) is 12.6 Å². The molecule has 2 heterocycles. The third kappa shape index (κ3) is 5.33.